The summed E-state index contributed by atoms with van der Waals surface area (Å²) < 4.78 is 12.1. The molecule has 2 aromatic carbocycles. The Morgan fingerprint density at radius 3 is 2.17 bits per heavy atom. The summed E-state index contributed by atoms with van der Waals surface area (Å²) in [5.41, 5.74) is -1.18. The smallest absolute Gasteiger partial charge is 0.215 e. The zero-order valence-electron chi connectivity index (χ0n) is 16.7. The van der Waals surface area contributed by atoms with Crippen LogP contribution in [0.5, 0.6) is 0 Å². The molecule has 0 amide bonds. The van der Waals surface area contributed by atoms with Crippen molar-refractivity contribution in [3.05, 3.63) is 71.3 Å². The van der Waals surface area contributed by atoms with Gasteiger partial charge in [-0.1, -0.05) is 60.2 Å². The van der Waals surface area contributed by atoms with Crippen molar-refractivity contribution < 1.29 is 9.47 Å². The van der Waals surface area contributed by atoms with Gasteiger partial charge in [0, 0.05) is 6.92 Å². The molecule has 0 spiro atoms. The lowest BCUT2D eigenvalue weighted by atomic mass is 9.52. The molecular weight excluding hydrogens is 376 g/mol. The van der Waals surface area contributed by atoms with Gasteiger partial charge in [-0.2, -0.15) is 15.8 Å². The summed E-state index contributed by atoms with van der Waals surface area (Å²) in [6.45, 7) is 3.62. The van der Waals surface area contributed by atoms with E-state index in [1.54, 1.807) is 19.1 Å². The standard InChI is InChI=1S/C24H20N4O2/c1-16-8-10-18(11-9-16)20-23(13-25,14-26)24(15-27)19(12-17-6-4-3-5-7-17)22(2,29-20)30-21(24)28/h3-11,19-20,28H,12H2,1-2H3. The maximum absolute atomic E-state index is 10.4. The molecule has 4 unspecified atom stereocenters. The van der Waals surface area contributed by atoms with Crippen LogP contribution in [-0.4, -0.2) is 11.7 Å². The lowest BCUT2D eigenvalue weighted by molar-refractivity contribution is -0.272. The Morgan fingerprint density at radius 1 is 0.967 bits per heavy atom. The Hall–Kier alpha value is -3.66. The first-order chi connectivity index (χ1) is 14.4. The fourth-order valence-corrected chi connectivity index (χ4v) is 4.78. The van der Waals surface area contributed by atoms with Crippen molar-refractivity contribution >= 4 is 5.90 Å². The molecule has 6 nitrogen and oxygen atoms in total. The van der Waals surface area contributed by atoms with Crippen LogP contribution < -0.4 is 0 Å². The number of fused-ring (bicyclic) bond motifs is 2. The molecule has 2 saturated heterocycles. The van der Waals surface area contributed by atoms with Crippen LogP contribution in [-0.2, 0) is 15.9 Å². The summed E-state index contributed by atoms with van der Waals surface area (Å²) in [6.07, 6.45) is -0.702. The van der Waals surface area contributed by atoms with Gasteiger partial charge in [-0.25, -0.2) is 0 Å². The minimum Gasteiger partial charge on any atom is -0.448 e. The van der Waals surface area contributed by atoms with Crippen LogP contribution in [0.2, 0.25) is 0 Å². The second kappa shape index (κ2) is 6.70. The Morgan fingerprint density at radius 2 is 1.60 bits per heavy atom. The first-order valence-electron chi connectivity index (χ1n) is 9.67. The zero-order valence-corrected chi connectivity index (χ0v) is 16.7. The van der Waals surface area contributed by atoms with E-state index in [4.69, 9.17) is 14.9 Å². The van der Waals surface area contributed by atoms with E-state index in [0.29, 0.717) is 12.0 Å². The van der Waals surface area contributed by atoms with Gasteiger partial charge in [0.2, 0.25) is 17.1 Å². The summed E-state index contributed by atoms with van der Waals surface area (Å²) in [4.78, 5) is 0. The van der Waals surface area contributed by atoms with E-state index in [-0.39, 0.29) is 5.90 Å². The second-order valence-electron chi connectivity index (χ2n) is 8.05. The molecule has 30 heavy (non-hydrogen) atoms. The molecule has 4 rings (SSSR count). The molecule has 0 aromatic heterocycles. The predicted octanol–water partition coefficient (Wildman–Crippen LogP) is 4.19. The summed E-state index contributed by atoms with van der Waals surface area (Å²) >= 11 is 0. The lowest BCUT2D eigenvalue weighted by Gasteiger charge is -2.48. The largest absolute Gasteiger partial charge is 0.448 e. The van der Waals surface area contributed by atoms with Crippen LogP contribution >= 0.6 is 0 Å². The van der Waals surface area contributed by atoms with Crippen LogP contribution in [0.4, 0.5) is 0 Å². The number of aryl methyl sites for hydroxylation is 1. The third kappa shape index (κ3) is 2.40. The molecule has 0 aliphatic carbocycles. The van der Waals surface area contributed by atoms with E-state index in [2.05, 4.69) is 18.2 Å². The Balaban J connectivity index is 1.94. The van der Waals surface area contributed by atoms with Crippen LogP contribution in [0.25, 0.3) is 0 Å². The quantitative estimate of drug-likeness (QED) is 0.835. The minimum atomic E-state index is -1.94. The Kier molecular flexibility index (Phi) is 4.39. The van der Waals surface area contributed by atoms with Gasteiger partial charge in [0.1, 0.15) is 6.10 Å². The fourth-order valence-electron chi connectivity index (χ4n) is 4.78. The third-order valence-electron chi connectivity index (χ3n) is 6.38. The van der Waals surface area contributed by atoms with Gasteiger partial charge < -0.3 is 9.47 Å². The molecule has 2 bridgehead atoms. The average Bonchev–Trinajstić information content (AvgIpc) is 2.91. The normalized spacial score (nSPS) is 31.1. The van der Waals surface area contributed by atoms with Crippen molar-refractivity contribution in [3.8, 4) is 18.2 Å². The van der Waals surface area contributed by atoms with E-state index >= 15 is 0 Å². The number of hydrogen-bond acceptors (Lipinski definition) is 6. The zero-order chi connectivity index (χ0) is 21.6. The highest BCUT2D eigenvalue weighted by atomic mass is 16.7. The maximum Gasteiger partial charge on any atom is 0.215 e. The number of nitrogens with zero attached hydrogens (tertiary/aromatic N) is 3. The van der Waals surface area contributed by atoms with Gasteiger partial charge >= 0.3 is 0 Å². The fraction of sp³-hybridized carbons (Fsp3) is 0.333. The Bertz CT molecular complexity index is 1110. The number of rotatable bonds is 3. The molecule has 2 aromatic rings. The highest BCUT2D eigenvalue weighted by Crippen LogP contribution is 2.66. The molecule has 2 aliphatic heterocycles. The van der Waals surface area contributed by atoms with Crippen molar-refractivity contribution in [3.63, 3.8) is 0 Å². The molecule has 2 aliphatic rings. The van der Waals surface area contributed by atoms with Crippen LogP contribution in [0.3, 0.4) is 0 Å². The SMILES string of the molecule is Cc1ccc(C2OC3(C)OC(=N)C(C#N)(C3Cc3ccccc3)C2(C#N)C#N)cc1. The number of nitriles is 3. The van der Waals surface area contributed by atoms with Crippen LogP contribution in [0, 0.1) is 63.1 Å². The topological polar surface area (TPSA) is 114 Å². The van der Waals surface area contributed by atoms with Crippen molar-refractivity contribution in [1.82, 2.24) is 0 Å². The summed E-state index contributed by atoms with van der Waals surface area (Å²) in [7, 11) is 0. The van der Waals surface area contributed by atoms with E-state index in [1.807, 2.05) is 49.4 Å². The Labute approximate surface area is 175 Å². The summed E-state index contributed by atoms with van der Waals surface area (Å²) in [6, 6.07) is 23.1. The monoisotopic (exact) mass is 396 g/mol. The van der Waals surface area contributed by atoms with Gasteiger partial charge in [-0.3, -0.25) is 5.41 Å². The summed E-state index contributed by atoms with van der Waals surface area (Å²) in [5.74, 6) is -2.41. The number of hydrogen-bond donors (Lipinski definition) is 1. The minimum absolute atomic E-state index is 0.332. The molecular formula is C24H20N4O2. The predicted molar refractivity (Wildman–Crippen MR) is 108 cm³/mol. The van der Waals surface area contributed by atoms with E-state index < -0.39 is 28.6 Å². The first kappa shape index (κ1) is 19.6. The number of benzene rings is 2. The molecule has 0 saturated carbocycles. The van der Waals surface area contributed by atoms with Gasteiger partial charge in [-0.15, -0.1) is 0 Å². The van der Waals surface area contributed by atoms with Gasteiger partial charge in [0.25, 0.3) is 0 Å². The van der Waals surface area contributed by atoms with Crippen molar-refractivity contribution in [2.45, 2.75) is 32.2 Å². The molecule has 2 fully saturated rings. The van der Waals surface area contributed by atoms with Crippen LogP contribution in [0.15, 0.2) is 54.6 Å². The van der Waals surface area contributed by atoms with E-state index in [9.17, 15) is 15.8 Å². The average molecular weight is 396 g/mol. The summed E-state index contributed by atoms with van der Waals surface area (Å²) in [5, 5.41) is 39.5. The van der Waals surface area contributed by atoms with Gasteiger partial charge in [-0.05, 0) is 24.5 Å². The highest BCUT2D eigenvalue weighted by Gasteiger charge is 2.79. The second-order valence-corrected chi connectivity index (χ2v) is 8.05. The molecule has 1 N–H and O–H groups in total. The van der Waals surface area contributed by atoms with Crippen molar-refractivity contribution in [2.75, 3.05) is 0 Å². The highest BCUT2D eigenvalue weighted by molar-refractivity contribution is 5.89. The maximum atomic E-state index is 10.4. The third-order valence-corrected chi connectivity index (χ3v) is 6.38. The van der Waals surface area contributed by atoms with E-state index in [0.717, 1.165) is 11.1 Å². The molecule has 2 heterocycles. The van der Waals surface area contributed by atoms with Gasteiger partial charge in [0.15, 0.2) is 5.41 Å². The molecule has 4 atom stereocenters. The van der Waals surface area contributed by atoms with Gasteiger partial charge in [0.05, 0.1) is 24.1 Å². The lowest BCUT2D eigenvalue weighted by Crippen LogP contribution is -2.59. The van der Waals surface area contributed by atoms with E-state index in [1.165, 1.54) is 0 Å². The molecule has 6 heteroatoms. The number of ether oxygens (including phenoxy) is 2. The molecule has 148 valence electrons. The number of nitrogens with one attached hydrogen (secondary N) is 1. The van der Waals surface area contributed by atoms with Crippen molar-refractivity contribution in [2.24, 2.45) is 16.7 Å². The van der Waals surface area contributed by atoms with Crippen molar-refractivity contribution in [1.29, 1.82) is 21.2 Å². The van der Waals surface area contributed by atoms with Crippen LogP contribution in [0.1, 0.15) is 29.7 Å². The first-order valence-corrected chi connectivity index (χ1v) is 9.67. The molecule has 0 radical (unpaired) electrons.